The summed E-state index contributed by atoms with van der Waals surface area (Å²) in [5.41, 5.74) is 0.547. The predicted molar refractivity (Wildman–Crippen MR) is 168 cm³/mol. The van der Waals surface area contributed by atoms with Gasteiger partial charge in [-0.1, -0.05) is 24.3 Å². The molecule has 0 saturated heterocycles. The first-order valence-electron chi connectivity index (χ1n) is 15.7. The Kier molecular flexibility index (Phi) is 8.86. The Balaban J connectivity index is 1.12. The van der Waals surface area contributed by atoms with E-state index >= 15 is 0 Å². The van der Waals surface area contributed by atoms with E-state index in [1.54, 1.807) is 18.2 Å². The lowest BCUT2D eigenvalue weighted by molar-refractivity contribution is -0.134. The molecule has 45 heavy (non-hydrogen) atoms. The number of amides is 3. The van der Waals surface area contributed by atoms with Crippen LogP contribution in [-0.4, -0.2) is 52.4 Å². The lowest BCUT2D eigenvalue weighted by Crippen LogP contribution is -2.56. The number of hydrogen-bond donors (Lipinski definition) is 4. The van der Waals surface area contributed by atoms with Crippen molar-refractivity contribution in [1.29, 1.82) is 0 Å². The number of H-pyrrole nitrogens is 1. The molecule has 4 saturated carbocycles. The van der Waals surface area contributed by atoms with Crippen molar-refractivity contribution in [3.8, 4) is 0 Å². The summed E-state index contributed by atoms with van der Waals surface area (Å²) in [6.07, 6.45) is 10.8. The molecule has 236 valence electrons. The van der Waals surface area contributed by atoms with Crippen molar-refractivity contribution >= 4 is 40.3 Å². The Morgan fingerprint density at radius 2 is 1.76 bits per heavy atom. The molecule has 4 aliphatic carbocycles. The van der Waals surface area contributed by atoms with Crippen LogP contribution in [0.5, 0.6) is 0 Å². The Hall–Kier alpha value is -4.67. The first-order chi connectivity index (χ1) is 21.8. The highest BCUT2D eigenvalue weighted by atomic mass is 16.5. The fraction of sp³-hybridized carbons (Fsp3) is 0.441. The lowest BCUT2D eigenvalue weighted by Gasteiger charge is -2.54. The van der Waals surface area contributed by atoms with Gasteiger partial charge in [0.2, 0.25) is 11.8 Å². The third-order valence-electron chi connectivity index (χ3n) is 9.62. The smallest absolute Gasteiger partial charge is 0.330 e. The molecule has 4 aliphatic rings. The van der Waals surface area contributed by atoms with Crippen molar-refractivity contribution in [1.82, 2.24) is 20.2 Å². The molecule has 0 radical (unpaired) electrons. The number of ether oxygens (including phenoxy) is 1. The second-order valence-electron chi connectivity index (χ2n) is 12.7. The van der Waals surface area contributed by atoms with Crippen molar-refractivity contribution in [3.63, 3.8) is 0 Å². The lowest BCUT2D eigenvalue weighted by atomic mass is 9.54. The van der Waals surface area contributed by atoms with Gasteiger partial charge < -0.3 is 30.2 Å². The summed E-state index contributed by atoms with van der Waals surface area (Å²) in [5, 5.41) is 9.47. The van der Waals surface area contributed by atoms with E-state index in [2.05, 4.69) is 25.7 Å². The van der Waals surface area contributed by atoms with Gasteiger partial charge in [-0.2, -0.15) is 0 Å². The van der Waals surface area contributed by atoms with Crippen molar-refractivity contribution in [2.45, 2.75) is 63.6 Å². The number of carbonyl (C=O) groups excluding carboxylic acids is 4. The molecule has 0 spiro atoms. The van der Waals surface area contributed by atoms with Crippen LogP contribution in [0.3, 0.4) is 0 Å². The molecule has 4 N–H and O–H groups in total. The van der Waals surface area contributed by atoms with E-state index in [4.69, 9.17) is 0 Å². The van der Waals surface area contributed by atoms with Crippen LogP contribution in [0.25, 0.3) is 10.9 Å². The molecular weight excluding hydrogens is 574 g/mol. The van der Waals surface area contributed by atoms with Gasteiger partial charge in [0.05, 0.1) is 7.11 Å². The number of fused-ring (bicyclic) bond motifs is 1. The van der Waals surface area contributed by atoms with E-state index in [1.165, 1.54) is 62.1 Å². The molecule has 3 amide bonds. The number of methoxy groups -OCH3 is 1. The summed E-state index contributed by atoms with van der Waals surface area (Å²) in [5.74, 6) is 0.799. The molecule has 1 aromatic carbocycles. The molecule has 3 aromatic rings. The quantitative estimate of drug-likeness (QED) is 0.192. The maximum Gasteiger partial charge on any atom is 0.330 e. The predicted octanol–water partition coefficient (Wildman–Crippen LogP) is 3.52. The normalized spacial score (nSPS) is 24.0. The third kappa shape index (κ3) is 6.87. The van der Waals surface area contributed by atoms with Gasteiger partial charge in [0.25, 0.3) is 11.5 Å². The van der Waals surface area contributed by atoms with Gasteiger partial charge >= 0.3 is 5.97 Å². The number of aromatic amines is 1. The fourth-order valence-electron chi connectivity index (χ4n) is 7.73. The average Bonchev–Trinajstić information content (AvgIpc) is 3.46. The number of carbonyl (C=O) groups is 4. The molecule has 4 bridgehead atoms. The number of allylic oxidation sites excluding steroid dienone is 1. The molecule has 11 nitrogen and oxygen atoms in total. The van der Waals surface area contributed by atoms with E-state index in [0.717, 1.165) is 22.7 Å². The summed E-state index contributed by atoms with van der Waals surface area (Å²) in [6.45, 7) is -0.149. The van der Waals surface area contributed by atoms with E-state index in [0.29, 0.717) is 11.8 Å². The number of para-hydroxylation sites is 1. The summed E-state index contributed by atoms with van der Waals surface area (Å²) in [6, 6.07) is 11.3. The number of aromatic nitrogens is 2. The third-order valence-corrected chi connectivity index (χ3v) is 9.62. The highest BCUT2D eigenvalue weighted by molar-refractivity contribution is 6.02. The number of esters is 1. The second kappa shape index (κ2) is 13.1. The largest absolute Gasteiger partial charge is 0.466 e. The summed E-state index contributed by atoms with van der Waals surface area (Å²) < 4.78 is 5.90. The Morgan fingerprint density at radius 3 is 2.47 bits per heavy atom. The minimum atomic E-state index is -1.03. The first kappa shape index (κ1) is 30.4. The summed E-state index contributed by atoms with van der Waals surface area (Å²) in [4.78, 5) is 67.5. The van der Waals surface area contributed by atoms with Crippen molar-refractivity contribution in [3.05, 3.63) is 76.9 Å². The average molecular weight is 614 g/mol. The SMILES string of the molecule is COC(=O)/C=C/CC[C@H](NC(=O)c1cc2ccccc2[nH]1)C(=O)Nc1cccn(CC(=O)NC2C3CC4CC(C3)CC2C4)c1=O. The zero-order valence-electron chi connectivity index (χ0n) is 25.3. The fourth-order valence-corrected chi connectivity index (χ4v) is 7.73. The summed E-state index contributed by atoms with van der Waals surface area (Å²) >= 11 is 0. The van der Waals surface area contributed by atoms with Gasteiger partial charge in [-0.05, 0) is 92.9 Å². The minimum absolute atomic E-state index is 0.000104. The van der Waals surface area contributed by atoms with Crippen molar-refractivity contribution in [2.24, 2.45) is 23.7 Å². The maximum atomic E-state index is 13.4. The molecule has 4 fully saturated rings. The van der Waals surface area contributed by atoms with Gasteiger partial charge in [0.1, 0.15) is 24.0 Å². The standard InChI is InChI=1S/C34H39N5O6/c1-45-30(41)11-5-4-9-26(36-33(43)28-18-22-7-2-3-8-25(22)35-28)32(42)37-27-10-6-12-39(34(27)44)19-29(40)38-31-23-14-20-13-21(16-23)17-24(31)15-20/h2-3,5-8,10-12,18,20-21,23-24,26,31,35H,4,9,13-17,19H2,1H3,(H,36,43)(H,37,42)(H,38,40)/b11-5+/t20?,21?,23?,24?,26-,31?/m0/s1. The van der Waals surface area contributed by atoms with Gasteiger partial charge in [0, 0.05) is 29.2 Å². The van der Waals surface area contributed by atoms with E-state index in [9.17, 15) is 24.0 Å². The van der Waals surface area contributed by atoms with Crippen molar-refractivity contribution in [2.75, 3.05) is 12.4 Å². The Morgan fingerprint density at radius 1 is 1.02 bits per heavy atom. The van der Waals surface area contributed by atoms with Crippen LogP contribution in [0.2, 0.25) is 0 Å². The highest BCUT2D eigenvalue weighted by Gasteiger charge is 2.48. The number of hydrogen-bond acceptors (Lipinski definition) is 6. The van der Waals surface area contributed by atoms with Crippen LogP contribution in [0.1, 0.15) is 55.4 Å². The summed E-state index contributed by atoms with van der Waals surface area (Å²) in [7, 11) is 1.27. The van der Waals surface area contributed by atoms with Crippen LogP contribution >= 0.6 is 0 Å². The molecule has 11 heteroatoms. The molecule has 0 unspecified atom stereocenters. The number of rotatable bonds is 11. The number of nitrogens with zero attached hydrogens (tertiary/aromatic N) is 1. The van der Waals surface area contributed by atoms with Crippen LogP contribution < -0.4 is 21.5 Å². The zero-order chi connectivity index (χ0) is 31.5. The van der Waals surface area contributed by atoms with Gasteiger partial charge in [0.15, 0.2) is 0 Å². The second-order valence-corrected chi connectivity index (χ2v) is 12.7. The monoisotopic (exact) mass is 613 g/mol. The topological polar surface area (TPSA) is 151 Å². The molecule has 0 aliphatic heterocycles. The maximum absolute atomic E-state index is 13.4. The number of pyridine rings is 1. The molecule has 2 heterocycles. The van der Waals surface area contributed by atoms with E-state index in [1.807, 2.05) is 24.3 Å². The van der Waals surface area contributed by atoms with Gasteiger partial charge in [-0.25, -0.2) is 4.79 Å². The van der Waals surface area contributed by atoms with Crippen LogP contribution in [0.4, 0.5) is 5.69 Å². The van der Waals surface area contributed by atoms with Crippen LogP contribution in [0.15, 0.2) is 65.6 Å². The number of anilines is 1. The molecule has 7 rings (SSSR count). The van der Waals surface area contributed by atoms with Crippen molar-refractivity contribution < 1.29 is 23.9 Å². The molecular formula is C34H39N5O6. The van der Waals surface area contributed by atoms with Gasteiger partial charge in [-0.15, -0.1) is 0 Å². The highest BCUT2D eigenvalue weighted by Crippen LogP contribution is 2.53. The molecule has 1 atom stereocenters. The molecule has 2 aromatic heterocycles. The minimum Gasteiger partial charge on any atom is -0.466 e. The Labute approximate surface area is 260 Å². The Bertz CT molecular complexity index is 1630. The zero-order valence-corrected chi connectivity index (χ0v) is 25.3. The van der Waals surface area contributed by atoms with Crippen LogP contribution in [-0.2, 0) is 25.7 Å². The first-order valence-corrected chi connectivity index (χ1v) is 15.7. The van der Waals surface area contributed by atoms with Gasteiger partial charge in [-0.3, -0.25) is 19.2 Å². The number of nitrogens with one attached hydrogen (secondary N) is 4. The van der Waals surface area contributed by atoms with Crippen LogP contribution in [0, 0.1) is 23.7 Å². The number of benzene rings is 1. The van der Waals surface area contributed by atoms with E-state index < -0.39 is 29.4 Å². The van der Waals surface area contributed by atoms with E-state index in [-0.39, 0.29) is 42.7 Å².